The minimum atomic E-state index is -0.459. The molecule has 1 amide bonds. The number of likely N-dealkylation sites (tertiary alicyclic amines) is 1. The Morgan fingerprint density at radius 3 is 2.24 bits per heavy atom. The Labute approximate surface area is 242 Å². The average molecular weight is 569 g/mol. The van der Waals surface area contributed by atoms with Gasteiger partial charge in [-0.2, -0.15) is 5.10 Å². The molecule has 5 rings (SSSR count). The zero-order valence-corrected chi connectivity index (χ0v) is 25.1. The van der Waals surface area contributed by atoms with Gasteiger partial charge in [0.05, 0.1) is 18.2 Å². The summed E-state index contributed by atoms with van der Waals surface area (Å²) in [5.41, 5.74) is 2.45. The molecule has 2 saturated heterocycles. The lowest BCUT2D eigenvalue weighted by molar-refractivity contribution is -0.385. The van der Waals surface area contributed by atoms with Crippen LogP contribution < -0.4 is 9.64 Å². The normalized spacial score (nSPS) is 20.3. The first-order valence-corrected chi connectivity index (χ1v) is 14.8. The summed E-state index contributed by atoms with van der Waals surface area (Å²) in [7, 11) is 3.32. The van der Waals surface area contributed by atoms with Crippen LogP contribution in [0.1, 0.15) is 59.3 Å². The van der Waals surface area contributed by atoms with Crippen molar-refractivity contribution in [2.75, 3.05) is 51.3 Å². The van der Waals surface area contributed by atoms with E-state index in [1.54, 1.807) is 16.9 Å². The second kappa shape index (κ2) is 11.5. The number of carbonyl (C=O) groups is 1. The molecule has 1 aromatic carbocycles. The maximum Gasteiger partial charge on any atom is 0.410 e. The van der Waals surface area contributed by atoms with Crippen LogP contribution in [0, 0.1) is 15.5 Å². The third-order valence-corrected chi connectivity index (χ3v) is 9.17. The molecule has 11 heteroatoms. The number of aryl methyl sites for hydroxylation is 1. The highest BCUT2D eigenvalue weighted by molar-refractivity contribution is 5.82. The molecule has 3 heterocycles. The number of methoxy groups -OCH3 is 1. The Morgan fingerprint density at radius 2 is 1.71 bits per heavy atom. The first kappa shape index (κ1) is 29.2. The molecule has 0 bridgehead atoms. The van der Waals surface area contributed by atoms with E-state index < -0.39 is 10.5 Å². The van der Waals surface area contributed by atoms with E-state index in [1.807, 2.05) is 45.0 Å². The van der Waals surface area contributed by atoms with Crippen molar-refractivity contribution in [3.8, 4) is 16.9 Å². The highest BCUT2D eigenvalue weighted by Crippen LogP contribution is 2.46. The number of ether oxygens (including phenoxy) is 2. The summed E-state index contributed by atoms with van der Waals surface area (Å²) in [5, 5.41) is 16.0. The van der Waals surface area contributed by atoms with Crippen LogP contribution in [0.4, 0.5) is 16.2 Å². The number of benzene rings is 1. The quantitative estimate of drug-likeness (QED) is 0.363. The molecule has 1 aliphatic carbocycles. The number of carbonyl (C=O) groups excluding carboxylic acids is 1. The van der Waals surface area contributed by atoms with Crippen molar-refractivity contribution in [3.63, 3.8) is 0 Å². The summed E-state index contributed by atoms with van der Waals surface area (Å²) in [6.07, 6.45) is 10.4. The van der Waals surface area contributed by atoms with Crippen LogP contribution in [-0.4, -0.2) is 88.6 Å². The molecule has 1 saturated carbocycles. The lowest BCUT2D eigenvalue weighted by atomic mass is 9.66. The zero-order valence-electron chi connectivity index (χ0n) is 25.1. The maximum absolute atomic E-state index is 12.5. The third kappa shape index (κ3) is 6.45. The van der Waals surface area contributed by atoms with Gasteiger partial charge in [-0.3, -0.25) is 19.7 Å². The topological polar surface area (TPSA) is 106 Å². The molecule has 0 atom stereocenters. The minimum Gasteiger partial charge on any atom is -0.490 e. The largest absolute Gasteiger partial charge is 0.490 e. The monoisotopic (exact) mass is 568 g/mol. The van der Waals surface area contributed by atoms with Gasteiger partial charge in [0.1, 0.15) is 5.60 Å². The number of piperidine rings is 1. The van der Waals surface area contributed by atoms with E-state index in [0.29, 0.717) is 11.5 Å². The number of nitro groups is 1. The molecule has 0 unspecified atom stereocenters. The second-order valence-corrected chi connectivity index (χ2v) is 12.9. The summed E-state index contributed by atoms with van der Waals surface area (Å²) >= 11 is 0. The number of amides is 1. The van der Waals surface area contributed by atoms with Gasteiger partial charge in [-0.05, 0) is 64.7 Å². The minimum absolute atomic E-state index is 0.0400. The van der Waals surface area contributed by atoms with Gasteiger partial charge in [0.15, 0.2) is 5.75 Å². The van der Waals surface area contributed by atoms with Crippen LogP contribution in [0.3, 0.4) is 0 Å². The standard InChI is InChI=1S/C30H44N6O5/c1-29(2,3)41-28(37)35-12-10-30(11-13-35)8-6-23(7-9-30)33-14-16-34(17-15-33)25-19-27(40-5)26(36(38)39)18-24(25)22-20-31-32(4)21-22/h18-21,23H,6-17H2,1-5H3. The van der Waals surface area contributed by atoms with Gasteiger partial charge in [-0.15, -0.1) is 0 Å². The van der Waals surface area contributed by atoms with Crippen molar-refractivity contribution in [2.45, 2.75) is 70.9 Å². The van der Waals surface area contributed by atoms with E-state index in [9.17, 15) is 14.9 Å². The number of anilines is 1. The number of hydrogen-bond donors (Lipinski definition) is 0. The van der Waals surface area contributed by atoms with Crippen LogP contribution in [0.25, 0.3) is 11.1 Å². The predicted octanol–water partition coefficient (Wildman–Crippen LogP) is 5.09. The molecular formula is C30H44N6O5. The van der Waals surface area contributed by atoms with Gasteiger partial charge < -0.3 is 19.3 Å². The molecule has 3 fully saturated rings. The van der Waals surface area contributed by atoms with Gasteiger partial charge in [-0.25, -0.2) is 4.79 Å². The van der Waals surface area contributed by atoms with Crippen LogP contribution in [0.15, 0.2) is 24.5 Å². The fraction of sp³-hybridized carbons (Fsp3) is 0.667. The molecule has 224 valence electrons. The van der Waals surface area contributed by atoms with E-state index in [-0.39, 0.29) is 17.5 Å². The first-order valence-electron chi connectivity index (χ1n) is 14.8. The Hall–Kier alpha value is -3.34. The summed E-state index contributed by atoms with van der Waals surface area (Å²) in [4.78, 5) is 30.7. The molecule has 2 aliphatic heterocycles. The van der Waals surface area contributed by atoms with Crippen molar-refractivity contribution >= 4 is 17.5 Å². The lowest BCUT2D eigenvalue weighted by Crippen LogP contribution is -2.53. The number of piperazine rings is 1. The molecule has 1 aromatic heterocycles. The summed E-state index contributed by atoms with van der Waals surface area (Å²) in [6.45, 7) is 10.9. The summed E-state index contributed by atoms with van der Waals surface area (Å²) in [5.74, 6) is 0.273. The summed E-state index contributed by atoms with van der Waals surface area (Å²) < 4.78 is 12.7. The van der Waals surface area contributed by atoms with E-state index in [0.717, 1.165) is 68.9 Å². The molecule has 3 aliphatic rings. The Balaban J connectivity index is 1.19. The van der Waals surface area contributed by atoms with Crippen LogP contribution in [0.2, 0.25) is 0 Å². The maximum atomic E-state index is 12.5. The van der Waals surface area contributed by atoms with Crippen LogP contribution in [-0.2, 0) is 11.8 Å². The van der Waals surface area contributed by atoms with Gasteiger partial charge in [0.25, 0.3) is 0 Å². The molecule has 0 radical (unpaired) electrons. The molecular weight excluding hydrogens is 524 g/mol. The van der Waals surface area contributed by atoms with Crippen LogP contribution in [0.5, 0.6) is 5.75 Å². The van der Waals surface area contributed by atoms with Gasteiger partial charge in [0.2, 0.25) is 0 Å². The lowest BCUT2D eigenvalue weighted by Gasteiger charge is -2.49. The van der Waals surface area contributed by atoms with E-state index in [4.69, 9.17) is 9.47 Å². The number of rotatable bonds is 5. The highest BCUT2D eigenvalue weighted by Gasteiger charge is 2.41. The van der Waals surface area contributed by atoms with Crippen molar-refractivity contribution < 1.29 is 19.2 Å². The predicted molar refractivity (Wildman–Crippen MR) is 157 cm³/mol. The molecule has 41 heavy (non-hydrogen) atoms. The van der Waals surface area contributed by atoms with Gasteiger partial charge in [-0.1, -0.05) is 0 Å². The SMILES string of the molecule is COc1cc(N2CCN(C3CCC4(CC3)CCN(C(=O)OC(C)(C)C)CC4)CC2)c(-c2cnn(C)c2)cc1[N+](=O)[O-]. The van der Waals surface area contributed by atoms with Crippen molar-refractivity contribution in [1.29, 1.82) is 0 Å². The van der Waals surface area contributed by atoms with E-state index in [2.05, 4.69) is 14.9 Å². The van der Waals surface area contributed by atoms with Crippen LogP contribution >= 0.6 is 0 Å². The number of hydrogen-bond acceptors (Lipinski definition) is 8. The Bertz CT molecular complexity index is 1240. The first-order chi connectivity index (χ1) is 19.5. The zero-order chi connectivity index (χ0) is 29.4. The molecule has 11 nitrogen and oxygen atoms in total. The Kier molecular flexibility index (Phi) is 8.18. The molecule has 2 aromatic rings. The summed E-state index contributed by atoms with van der Waals surface area (Å²) in [6, 6.07) is 4.01. The number of nitro benzene ring substituents is 1. The molecule has 1 spiro atoms. The third-order valence-electron chi connectivity index (χ3n) is 9.17. The van der Waals surface area contributed by atoms with E-state index >= 15 is 0 Å². The fourth-order valence-corrected chi connectivity index (χ4v) is 6.82. The van der Waals surface area contributed by atoms with Crippen molar-refractivity contribution in [1.82, 2.24) is 19.6 Å². The second-order valence-electron chi connectivity index (χ2n) is 12.9. The van der Waals surface area contributed by atoms with Crippen molar-refractivity contribution in [3.05, 3.63) is 34.6 Å². The van der Waals surface area contributed by atoms with Crippen molar-refractivity contribution in [2.24, 2.45) is 12.5 Å². The molecule has 0 N–H and O–H groups in total. The van der Waals surface area contributed by atoms with Gasteiger partial charge >= 0.3 is 11.8 Å². The highest BCUT2D eigenvalue weighted by atomic mass is 16.6. The Morgan fingerprint density at radius 1 is 1.05 bits per heavy atom. The number of aromatic nitrogens is 2. The fourth-order valence-electron chi connectivity index (χ4n) is 6.82. The van der Waals surface area contributed by atoms with E-state index in [1.165, 1.54) is 32.8 Å². The smallest absolute Gasteiger partial charge is 0.410 e. The van der Waals surface area contributed by atoms with Gasteiger partial charge in [0, 0.05) is 87.5 Å². The average Bonchev–Trinajstić information content (AvgIpc) is 3.38. The number of nitrogens with zero attached hydrogens (tertiary/aromatic N) is 6.